The van der Waals surface area contributed by atoms with Gasteiger partial charge in [-0.25, -0.2) is 4.39 Å². The van der Waals surface area contributed by atoms with Gasteiger partial charge in [0.1, 0.15) is 0 Å². The van der Waals surface area contributed by atoms with Gasteiger partial charge in [-0.15, -0.1) is 0 Å². The third-order valence-electron chi connectivity index (χ3n) is 5.24. The summed E-state index contributed by atoms with van der Waals surface area (Å²) in [6.07, 6.45) is 6.49. The van der Waals surface area contributed by atoms with E-state index in [1.54, 1.807) is 12.1 Å². The van der Waals surface area contributed by atoms with E-state index in [1.165, 1.54) is 18.9 Å². The van der Waals surface area contributed by atoms with Crippen molar-refractivity contribution in [2.24, 2.45) is 0 Å². The molecule has 0 aromatic heterocycles. The smallest absolute Gasteiger partial charge is 0.254 e. The number of carbonyl (C=O) groups is 1. The first-order valence-corrected chi connectivity index (χ1v) is 9.64. The Morgan fingerprint density at radius 2 is 2.04 bits per heavy atom. The van der Waals surface area contributed by atoms with Crippen LogP contribution in [0, 0.1) is 5.82 Å². The maximum Gasteiger partial charge on any atom is 0.254 e. The van der Waals surface area contributed by atoms with Gasteiger partial charge in [0.2, 0.25) is 0 Å². The Hall–Kier alpha value is -1.62. The van der Waals surface area contributed by atoms with Gasteiger partial charge in [0.15, 0.2) is 11.6 Å². The molecule has 4 nitrogen and oxygen atoms in total. The highest BCUT2D eigenvalue weighted by Gasteiger charge is 2.31. The van der Waals surface area contributed by atoms with Crippen molar-refractivity contribution in [3.05, 3.63) is 29.6 Å². The third-order valence-corrected chi connectivity index (χ3v) is 5.24. The van der Waals surface area contributed by atoms with Crippen LogP contribution in [-0.2, 0) is 0 Å². The molecule has 25 heavy (non-hydrogen) atoms. The van der Waals surface area contributed by atoms with E-state index in [2.05, 4.69) is 11.8 Å². The van der Waals surface area contributed by atoms with Crippen molar-refractivity contribution in [2.75, 3.05) is 32.8 Å². The number of carbonyl (C=O) groups excluding carboxylic acids is 1. The van der Waals surface area contributed by atoms with Gasteiger partial charge in [0.05, 0.1) is 6.61 Å². The predicted octanol–water partition coefficient (Wildman–Crippen LogP) is 3.71. The second-order valence-corrected chi connectivity index (χ2v) is 7.15. The monoisotopic (exact) mass is 348 g/mol. The van der Waals surface area contributed by atoms with Gasteiger partial charge in [-0.05, 0) is 63.4 Å². The van der Waals surface area contributed by atoms with Gasteiger partial charge in [-0.2, -0.15) is 0 Å². The molecule has 5 heteroatoms. The predicted molar refractivity (Wildman–Crippen MR) is 96.5 cm³/mol. The van der Waals surface area contributed by atoms with Crippen LogP contribution >= 0.6 is 0 Å². The Morgan fingerprint density at radius 1 is 1.24 bits per heavy atom. The molecule has 0 aliphatic carbocycles. The molecule has 2 aliphatic heterocycles. The lowest BCUT2D eigenvalue weighted by atomic mass is 10.1. The highest BCUT2D eigenvalue weighted by Crippen LogP contribution is 2.25. The maximum absolute atomic E-state index is 14.2. The van der Waals surface area contributed by atoms with E-state index in [4.69, 9.17) is 4.74 Å². The number of rotatable bonds is 7. The number of unbranched alkanes of at least 4 members (excludes halogenated alkanes) is 1. The van der Waals surface area contributed by atoms with Crippen LogP contribution in [-0.4, -0.2) is 54.5 Å². The number of benzene rings is 1. The average molecular weight is 348 g/mol. The average Bonchev–Trinajstić information content (AvgIpc) is 3.28. The fourth-order valence-electron chi connectivity index (χ4n) is 3.80. The summed E-state index contributed by atoms with van der Waals surface area (Å²) in [5, 5.41) is 0. The van der Waals surface area contributed by atoms with Gasteiger partial charge in [0.25, 0.3) is 5.91 Å². The van der Waals surface area contributed by atoms with E-state index >= 15 is 0 Å². The Kier molecular flexibility index (Phi) is 6.29. The maximum atomic E-state index is 14.2. The molecule has 1 unspecified atom stereocenters. The zero-order valence-electron chi connectivity index (χ0n) is 15.2. The molecular weight excluding hydrogens is 319 g/mol. The lowest BCUT2D eigenvalue weighted by Gasteiger charge is -2.28. The van der Waals surface area contributed by atoms with E-state index in [-0.39, 0.29) is 17.7 Å². The molecule has 2 aliphatic rings. The van der Waals surface area contributed by atoms with Crippen molar-refractivity contribution >= 4 is 5.91 Å². The molecule has 2 heterocycles. The summed E-state index contributed by atoms with van der Waals surface area (Å²) in [5.74, 6) is -0.266. The molecule has 1 amide bonds. The molecular formula is C20H29FN2O2. The third kappa shape index (κ3) is 4.51. The number of amides is 1. The second kappa shape index (κ2) is 8.65. The fraction of sp³-hybridized carbons (Fsp3) is 0.650. The quantitative estimate of drug-likeness (QED) is 0.704. The van der Waals surface area contributed by atoms with Crippen LogP contribution in [0.1, 0.15) is 55.8 Å². The van der Waals surface area contributed by atoms with Crippen molar-refractivity contribution in [1.82, 2.24) is 9.80 Å². The summed E-state index contributed by atoms with van der Waals surface area (Å²) in [6, 6.07) is 4.87. The first-order chi connectivity index (χ1) is 12.2. The van der Waals surface area contributed by atoms with E-state index < -0.39 is 5.82 Å². The van der Waals surface area contributed by atoms with Gasteiger partial charge in [-0.1, -0.05) is 13.3 Å². The molecule has 1 atom stereocenters. The minimum Gasteiger partial charge on any atom is -0.491 e. The first kappa shape index (κ1) is 18.2. The van der Waals surface area contributed by atoms with Crippen LogP contribution in [0.4, 0.5) is 4.39 Å². The standard InChI is InChI=1S/C20H29FN2O2/c1-2-3-13-25-19-9-8-16(14-18(19)21)20(24)23-12-6-7-17(23)15-22-10-4-5-11-22/h8-9,14,17H,2-7,10-13,15H2,1H3. The largest absolute Gasteiger partial charge is 0.491 e. The molecule has 0 bridgehead atoms. The number of nitrogens with zero attached hydrogens (tertiary/aromatic N) is 2. The molecule has 0 N–H and O–H groups in total. The molecule has 138 valence electrons. The summed E-state index contributed by atoms with van der Waals surface area (Å²) in [7, 11) is 0. The fourth-order valence-corrected chi connectivity index (χ4v) is 3.80. The molecule has 0 radical (unpaired) electrons. The van der Waals surface area contributed by atoms with Crippen LogP contribution in [0.5, 0.6) is 5.75 Å². The summed E-state index contributed by atoms with van der Waals surface area (Å²) in [4.78, 5) is 17.2. The zero-order chi connectivity index (χ0) is 17.6. The van der Waals surface area contributed by atoms with Gasteiger partial charge in [0, 0.05) is 24.7 Å². The van der Waals surface area contributed by atoms with Crippen LogP contribution in [0.3, 0.4) is 0 Å². The Labute approximate surface area is 149 Å². The zero-order valence-corrected chi connectivity index (χ0v) is 15.2. The van der Waals surface area contributed by atoms with Crippen molar-refractivity contribution in [1.29, 1.82) is 0 Å². The summed E-state index contributed by atoms with van der Waals surface area (Å²) in [6.45, 7) is 6.56. The topological polar surface area (TPSA) is 32.8 Å². The minimum atomic E-state index is -0.447. The minimum absolute atomic E-state index is 0.0549. The van der Waals surface area contributed by atoms with E-state index in [0.717, 1.165) is 51.9 Å². The van der Waals surface area contributed by atoms with Crippen LogP contribution in [0.15, 0.2) is 18.2 Å². The SMILES string of the molecule is CCCCOc1ccc(C(=O)N2CCCC2CN2CCCC2)cc1F. The molecule has 1 aromatic carbocycles. The summed E-state index contributed by atoms with van der Waals surface area (Å²) < 4.78 is 19.7. The summed E-state index contributed by atoms with van der Waals surface area (Å²) in [5.41, 5.74) is 0.425. The van der Waals surface area contributed by atoms with E-state index in [9.17, 15) is 9.18 Å². The Bertz CT molecular complexity index is 587. The van der Waals surface area contributed by atoms with Crippen molar-refractivity contribution in [3.63, 3.8) is 0 Å². The van der Waals surface area contributed by atoms with Crippen LogP contribution < -0.4 is 4.74 Å². The molecule has 3 rings (SSSR count). The first-order valence-electron chi connectivity index (χ1n) is 9.64. The number of hydrogen-bond acceptors (Lipinski definition) is 3. The van der Waals surface area contributed by atoms with E-state index in [0.29, 0.717) is 12.2 Å². The molecule has 0 spiro atoms. The van der Waals surface area contributed by atoms with Gasteiger partial charge >= 0.3 is 0 Å². The normalized spacial score (nSPS) is 21.0. The number of hydrogen-bond donors (Lipinski definition) is 0. The molecule has 0 saturated carbocycles. The lowest BCUT2D eigenvalue weighted by molar-refractivity contribution is 0.0708. The van der Waals surface area contributed by atoms with E-state index in [1.807, 2.05) is 4.90 Å². The lowest BCUT2D eigenvalue weighted by Crippen LogP contribution is -2.42. The summed E-state index contributed by atoms with van der Waals surface area (Å²) >= 11 is 0. The second-order valence-electron chi connectivity index (χ2n) is 7.15. The van der Waals surface area contributed by atoms with Crippen LogP contribution in [0.2, 0.25) is 0 Å². The Morgan fingerprint density at radius 3 is 2.76 bits per heavy atom. The molecule has 1 aromatic rings. The van der Waals surface area contributed by atoms with Gasteiger partial charge < -0.3 is 14.5 Å². The Balaban J connectivity index is 1.63. The number of likely N-dealkylation sites (tertiary alicyclic amines) is 2. The van der Waals surface area contributed by atoms with Crippen molar-refractivity contribution in [2.45, 2.75) is 51.5 Å². The number of halogens is 1. The highest BCUT2D eigenvalue weighted by molar-refractivity contribution is 5.94. The van der Waals surface area contributed by atoms with Crippen LogP contribution in [0.25, 0.3) is 0 Å². The molecule has 2 saturated heterocycles. The molecule has 2 fully saturated rings. The number of ether oxygens (including phenoxy) is 1. The highest BCUT2D eigenvalue weighted by atomic mass is 19.1. The van der Waals surface area contributed by atoms with Gasteiger partial charge in [-0.3, -0.25) is 4.79 Å². The van der Waals surface area contributed by atoms with Crippen molar-refractivity contribution in [3.8, 4) is 5.75 Å². The van der Waals surface area contributed by atoms with Crippen molar-refractivity contribution < 1.29 is 13.9 Å².